The molecule has 1 unspecified atom stereocenters. The highest BCUT2D eigenvalue weighted by molar-refractivity contribution is 6.04. The molecule has 2 saturated heterocycles. The lowest BCUT2D eigenvalue weighted by Crippen LogP contribution is -2.29. The lowest BCUT2D eigenvalue weighted by Gasteiger charge is -2.20. The SMILES string of the molecule is O=C(O)CNC(=O)c1ccc(NC(=O)C2CC(=O)N(c3ccc(N4CCCC4)cc3)C2)cc1. The zero-order chi connectivity index (χ0) is 23.4. The van der Waals surface area contributed by atoms with Crippen molar-refractivity contribution >= 4 is 40.8 Å². The molecule has 0 aliphatic carbocycles. The zero-order valence-corrected chi connectivity index (χ0v) is 18.1. The van der Waals surface area contributed by atoms with Crippen molar-refractivity contribution in [3.8, 4) is 0 Å². The van der Waals surface area contributed by atoms with E-state index in [-0.39, 0.29) is 23.8 Å². The number of anilines is 3. The Morgan fingerprint density at radius 1 is 0.939 bits per heavy atom. The smallest absolute Gasteiger partial charge is 0.322 e. The Labute approximate surface area is 191 Å². The van der Waals surface area contributed by atoms with E-state index in [9.17, 15) is 19.2 Å². The number of carbonyl (C=O) groups excluding carboxylic acids is 3. The van der Waals surface area contributed by atoms with Crippen molar-refractivity contribution in [3.05, 3.63) is 54.1 Å². The quantitative estimate of drug-likeness (QED) is 0.594. The van der Waals surface area contributed by atoms with E-state index in [2.05, 4.69) is 15.5 Å². The molecule has 2 aromatic carbocycles. The van der Waals surface area contributed by atoms with E-state index in [1.165, 1.54) is 25.0 Å². The summed E-state index contributed by atoms with van der Waals surface area (Å²) in [6.07, 6.45) is 2.53. The summed E-state index contributed by atoms with van der Waals surface area (Å²) < 4.78 is 0. The minimum Gasteiger partial charge on any atom is -0.480 e. The molecular formula is C24H26N4O5. The maximum atomic E-state index is 12.7. The van der Waals surface area contributed by atoms with Gasteiger partial charge in [0.15, 0.2) is 0 Å². The number of nitrogens with one attached hydrogen (secondary N) is 2. The van der Waals surface area contributed by atoms with E-state index in [1.54, 1.807) is 17.0 Å². The fraction of sp³-hybridized carbons (Fsp3) is 0.333. The van der Waals surface area contributed by atoms with Crippen molar-refractivity contribution < 1.29 is 24.3 Å². The van der Waals surface area contributed by atoms with Gasteiger partial charge in [0, 0.05) is 48.7 Å². The Morgan fingerprint density at radius 2 is 1.58 bits per heavy atom. The summed E-state index contributed by atoms with van der Waals surface area (Å²) in [5.41, 5.74) is 2.72. The van der Waals surface area contributed by atoms with Crippen molar-refractivity contribution in [1.82, 2.24) is 5.32 Å². The van der Waals surface area contributed by atoms with Gasteiger partial charge >= 0.3 is 5.97 Å². The predicted molar refractivity (Wildman–Crippen MR) is 123 cm³/mol. The number of nitrogens with zero attached hydrogens (tertiary/aromatic N) is 2. The van der Waals surface area contributed by atoms with Gasteiger partial charge in [0.1, 0.15) is 6.54 Å². The van der Waals surface area contributed by atoms with Crippen molar-refractivity contribution in [3.63, 3.8) is 0 Å². The van der Waals surface area contributed by atoms with Gasteiger partial charge in [0.25, 0.3) is 5.91 Å². The Morgan fingerprint density at radius 3 is 2.21 bits per heavy atom. The van der Waals surface area contributed by atoms with Crippen LogP contribution in [0, 0.1) is 5.92 Å². The van der Waals surface area contributed by atoms with Gasteiger partial charge in [-0.3, -0.25) is 19.2 Å². The number of rotatable bonds is 7. The average molecular weight is 450 g/mol. The third-order valence-electron chi connectivity index (χ3n) is 5.94. The molecule has 4 rings (SSSR count). The normalized spacial score (nSPS) is 17.8. The molecule has 172 valence electrons. The molecule has 0 spiro atoms. The number of amides is 3. The summed E-state index contributed by atoms with van der Waals surface area (Å²) in [5.74, 6) is -2.47. The van der Waals surface area contributed by atoms with Gasteiger partial charge in [-0.05, 0) is 61.4 Å². The lowest BCUT2D eigenvalue weighted by molar-refractivity contribution is -0.135. The molecule has 0 bridgehead atoms. The molecule has 2 aliphatic heterocycles. The zero-order valence-electron chi connectivity index (χ0n) is 18.1. The van der Waals surface area contributed by atoms with Gasteiger partial charge in [-0.25, -0.2) is 0 Å². The lowest BCUT2D eigenvalue weighted by atomic mass is 10.1. The molecule has 2 fully saturated rings. The van der Waals surface area contributed by atoms with E-state index in [4.69, 9.17) is 5.11 Å². The van der Waals surface area contributed by atoms with Crippen LogP contribution in [0.4, 0.5) is 17.1 Å². The number of carboxylic acid groups (broad SMARTS) is 1. The van der Waals surface area contributed by atoms with Crippen LogP contribution in [0.3, 0.4) is 0 Å². The topological polar surface area (TPSA) is 119 Å². The van der Waals surface area contributed by atoms with Crippen LogP contribution in [0.5, 0.6) is 0 Å². The van der Waals surface area contributed by atoms with E-state index in [0.29, 0.717) is 12.2 Å². The molecule has 2 heterocycles. The van der Waals surface area contributed by atoms with Gasteiger partial charge in [0.05, 0.1) is 5.92 Å². The number of hydrogen-bond acceptors (Lipinski definition) is 5. The van der Waals surface area contributed by atoms with Crippen LogP contribution in [-0.4, -0.2) is 55.0 Å². The van der Waals surface area contributed by atoms with Gasteiger partial charge < -0.3 is 25.5 Å². The molecule has 3 amide bonds. The molecule has 2 aromatic rings. The van der Waals surface area contributed by atoms with E-state index in [1.807, 2.05) is 24.3 Å². The third-order valence-corrected chi connectivity index (χ3v) is 5.94. The first-order chi connectivity index (χ1) is 15.9. The van der Waals surface area contributed by atoms with E-state index < -0.39 is 24.3 Å². The summed E-state index contributed by atoms with van der Waals surface area (Å²) in [5, 5.41) is 13.7. The average Bonchev–Trinajstić information content (AvgIpc) is 3.48. The Kier molecular flexibility index (Phi) is 6.58. The first kappa shape index (κ1) is 22.3. The molecular weight excluding hydrogens is 424 g/mol. The van der Waals surface area contributed by atoms with Crippen LogP contribution in [0.15, 0.2) is 48.5 Å². The van der Waals surface area contributed by atoms with Gasteiger partial charge in [-0.2, -0.15) is 0 Å². The van der Waals surface area contributed by atoms with E-state index in [0.717, 1.165) is 24.5 Å². The molecule has 0 saturated carbocycles. The van der Waals surface area contributed by atoms with Gasteiger partial charge in [0.2, 0.25) is 11.8 Å². The van der Waals surface area contributed by atoms with Crippen LogP contribution in [0.25, 0.3) is 0 Å². The number of carbonyl (C=O) groups is 4. The Bertz CT molecular complexity index is 1050. The van der Waals surface area contributed by atoms with Crippen molar-refractivity contribution in [1.29, 1.82) is 0 Å². The second-order valence-corrected chi connectivity index (χ2v) is 8.26. The monoisotopic (exact) mass is 450 g/mol. The molecule has 3 N–H and O–H groups in total. The largest absolute Gasteiger partial charge is 0.480 e. The highest BCUT2D eigenvalue weighted by atomic mass is 16.4. The van der Waals surface area contributed by atoms with Crippen LogP contribution in [0.1, 0.15) is 29.6 Å². The number of hydrogen-bond donors (Lipinski definition) is 3. The first-order valence-corrected chi connectivity index (χ1v) is 11.0. The molecule has 9 heteroatoms. The Hall–Kier alpha value is -3.88. The second kappa shape index (κ2) is 9.72. The van der Waals surface area contributed by atoms with Crippen LogP contribution >= 0.6 is 0 Å². The molecule has 33 heavy (non-hydrogen) atoms. The summed E-state index contributed by atoms with van der Waals surface area (Å²) in [7, 11) is 0. The van der Waals surface area contributed by atoms with Crippen LogP contribution in [-0.2, 0) is 14.4 Å². The second-order valence-electron chi connectivity index (χ2n) is 8.26. The van der Waals surface area contributed by atoms with Crippen LogP contribution < -0.4 is 20.4 Å². The molecule has 9 nitrogen and oxygen atoms in total. The summed E-state index contributed by atoms with van der Waals surface area (Å²) in [4.78, 5) is 51.7. The fourth-order valence-corrected chi connectivity index (χ4v) is 4.16. The van der Waals surface area contributed by atoms with Gasteiger partial charge in [-0.1, -0.05) is 0 Å². The van der Waals surface area contributed by atoms with E-state index >= 15 is 0 Å². The highest BCUT2D eigenvalue weighted by Crippen LogP contribution is 2.29. The van der Waals surface area contributed by atoms with Crippen molar-refractivity contribution in [2.45, 2.75) is 19.3 Å². The third kappa shape index (κ3) is 5.31. The molecule has 1 atom stereocenters. The van der Waals surface area contributed by atoms with Crippen molar-refractivity contribution in [2.24, 2.45) is 5.92 Å². The van der Waals surface area contributed by atoms with Crippen LogP contribution in [0.2, 0.25) is 0 Å². The number of carboxylic acids is 1. The molecule has 0 aromatic heterocycles. The fourth-order valence-electron chi connectivity index (χ4n) is 4.16. The Balaban J connectivity index is 1.33. The standard InChI is InChI=1S/C24H26N4O5/c29-21-13-17(15-28(21)20-9-7-19(8-10-20)27-11-1-2-12-27)24(33)26-18-5-3-16(4-6-18)23(32)25-14-22(30)31/h3-10,17H,1-2,11-15H2,(H,25,32)(H,26,33)(H,30,31). The predicted octanol–water partition coefficient (Wildman–Crippen LogP) is 2.09. The minimum absolute atomic E-state index is 0.0884. The molecule has 2 aliphatic rings. The summed E-state index contributed by atoms with van der Waals surface area (Å²) in [6.45, 7) is 1.95. The highest BCUT2D eigenvalue weighted by Gasteiger charge is 2.35. The number of benzene rings is 2. The van der Waals surface area contributed by atoms with Crippen molar-refractivity contribution in [2.75, 3.05) is 41.3 Å². The maximum absolute atomic E-state index is 12.7. The molecule has 0 radical (unpaired) electrons. The first-order valence-electron chi connectivity index (χ1n) is 11.0. The minimum atomic E-state index is -1.13. The summed E-state index contributed by atoms with van der Waals surface area (Å²) in [6, 6.07) is 14.0. The van der Waals surface area contributed by atoms with Gasteiger partial charge in [-0.15, -0.1) is 0 Å². The number of aliphatic carboxylic acids is 1. The summed E-state index contributed by atoms with van der Waals surface area (Å²) >= 11 is 0. The maximum Gasteiger partial charge on any atom is 0.322 e.